The van der Waals surface area contributed by atoms with Crippen molar-refractivity contribution in [3.63, 3.8) is 0 Å². The summed E-state index contributed by atoms with van der Waals surface area (Å²) in [5, 5.41) is 1.18. The summed E-state index contributed by atoms with van der Waals surface area (Å²) in [4.78, 5) is 20.7. The fourth-order valence-corrected chi connectivity index (χ4v) is 4.62. The predicted molar refractivity (Wildman–Crippen MR) is 112 cm³/mol. The fraction of sp³-hybridized carbons (Fsp3) is 0.364. The van der Waals surface area contributed by atoms with Crippen LogP contribution in [-0.4, -0.2) is 48.6 Å². The average Bonchev–Trinajstić information content (AvgIpc) is 3.11. The molecule has 1 aliphatic heterocycles. The largest absolute Gasteiger partial charge is 0.493 e. The molecule has 5 nitrogen and oxygen atoms in total. The summed E-state index contributed by atoms with van der Waals surface area (Å²) in [6.45, 7) is 6.97. The van der Waals surface area contributed by atoms with Crippen LogP contribution in [0.4, 0.5) is 0 Å². The van der Waals surface area contributed by atoms with Gasteiger partial charge in [0.1, 0.15) is 17.3 Å². The predicted octanol–water partition coefficient (Wildman–Crippen LogP) is 2.30. The van der Waals surface area contributed by atoms with Crippen LogP contribution < -0.4 is 9.64 Å². The first-order valence-electron chi connectivity index (χ1n) is 9.82. The van der Waals surface area contributed by atoms with Gasteiger partial charge >= 0.3 is 0 Å². The third-order valence-corrected chi connectivity index (χ3v) is 6.17. The minimum Gasteiger partial charge on any atom is -0.493 e. The van der Waals surface area contributed by atoms with Gasteiger partial charge < -0.3 is 14.5 Å². The molecule has 1 amide bonds. The number of carbonyl (C=O) groups is 1. The zero-order chi connectivity index (χ0) is 19.3. The Morgan fingerprint density at radius 1 is 1.18 bits per heavy atom. The molecule has 28 heavy (non-hydrogen) atoms. The Kier molecular flexibility index (Phi) is 5.88. The third kappa shape index (κ3) is 4.69. The molecular weight excluding hydrogens is 370 g/mol. The van der Waals surface area contributed by atoms with E-state index >= 15 is 0 Å². The number of amides is 1. The second-order valence-corrected chi connectivity index (χ2v) is 8.41. The number of rotatable bonds is 6. The Hall–Kier alpha value is -2.44. The molecule has 4 rings (SSSR count). The smallest absolute Gasteiger partial charge is 0.226 e. The number of aromatic nitrogens is 1. The van der Waals surface area contributed by atoms with Crippen molar-refractivity contribution in [2.45, 2.75) is 19.9 Å². The SMILES string of the molecule is Cc1cccc(OCCC(=O)N2CC[NH+](Cc3nc4ccccc4s3)CC2)c1. The Balaban J connectivity index is 1.21. The van der Waals surface area contributed by atoms with Gasteiger partial charge in [0.15, 0.2) is 0 Å². The molecule has 0 aliphatic carbocycles. The van der Waals surface area contributed by atoms with Crippen LogP contribution in [0.5, 0.6) is 5.75 Å². The molecule has 1 N–H and O–H groups in total. The van der Waals surface area contributed by atoms with Crippen molar-refractivity contribution in [2.24, 2.45) is 0 Å². The molecule has 1 aliphatic rings. The summed E-state index contributed by atoms with van der Waals surface area (Å²) in [7, 11) is 0. The van der Waals surface area contributed by atoms with Crippen molar-refractivity contribution in [1.82, 2.24) is 9.88 Å². The van der Waals surface area contributed by atoms with Crippen molar-refractivity contribution in [2.75, 3.05) is 32.8 Å². The lowest BCUT2D eigenvalue weighted by atomic mass is 10.2. The molecule has 6 heteroatoms. The first kappa shape index (κ1) is 18.9. The molecule has 0 unspecified atom stereocenters. The maximum Gasteiger partial charge on any atom is 0.226 e. The Bertz CT molecular complexity index is 915. The second-order valence-electron chi connectivity index (χ2n) is 7.30. The van der Waals surface area contributed by atoms with Gasteiger partial charge in [0.2, 0.25) is 5.91 Å². The minimum atomic E-state index is 0.187. The first-order valence-corrected chi connectivity index (χ1v) is 10.6. The van der Waals surface area contributed by atoms with E-state index in [-0.39, 0.29) is 5.91 Å². The summed E-state index contributed by atoms with van der Waals surface area (Å²) in [6.07, 6.45) is 0.432. The van der Waals surface area contributed by atoms with Gasteiger partial charge in [-0.05, 0) is 36.8 Å². The van der Waals surface area contributed by atoms with E-state index in [4.69, 9.17) is 9.72 Å². The summed E-state index contributed by atoms with van der Waals surface area (Å²) in [5.41, 5.74) is 2.25. The van der Waals surface area contributed by atoms with Crippen LogP contribution in [0.1, 0.15) is 17.0 Å². The van der Waals surface area contributed by atoms with E-state index in [1.807, 2.05) is 42.2 Å². The van der Waals surface area contributed by atoms with E-state index in [0.717, 1.165) is 49.6 Å². The number of hydrogen-bond acceptors (Lipinski definition) is 4. The number of hydrogen-bond donors (Lipinski definition) is 1. The molecule has 146 valence electrons. The molecule has 2 heterocycles. The van der Waals surface area contributed by atoms with Gasteiger partial charge in [-0.15, -0.1) is 11.3 Å². The monoisotopic (exact) mass is 396 g/mol. The molecule has 1 saturated heterocycles. The highest BCUT2D eigenvalue weighted by atomic mass is 32.1. The Labute approximate surface area is 169 Å². The molecule has 1 fully saturated rings. The number of carbonyl (C=O) groups excluding carboxylic acids is 1. The van der Waals surface area contributed by atoms with E-state index in [2.05, 4.69) is 18.2 Å². The molecule has 0 spiro atoms. The van der Waals surface area contributed by atoms with Crippen LogP contribution >= 0.6 is 11.3 Å². The van der Waals surface area contributed by atoms with Gasteiger partial charge in [-0.25, -0.2) is 4.98 Å². The van der Waals surface area contributed by atoms with Crippen LogP contribution in [0.25, 0.3) is 10.2 Å². The van der Waals surface area contributed by atoms with Crippen LogP contribution in [0.15, 0.2) is 48.5 Å². The average molecular weight is 397 g/mol. The number of benzene rings is 2. The number of nitrogens with zero attached hydrogens (tertiary/aromatic N) is 2. The van der Waals surface area contributed by atoms with E-state index < -0.39 is 0 Å². The van der Waals surface area contributed by atoms with Gasteiger partial charge in [-0.3, -0.25) is 4.79 Å². The van der Waals surface area contributed by atoms with Gasteiger partial charge in [-0.2, -0.15) is 0 Å². The third-order valence-electron chi connectivity index (χ3n) is 5.14. The number of quaternary nitrogens is 1. The molecule has 0 bridgehead atoms. The normalized spacial score (nSPS) is 15.1. The van der Waals surface area contributed by atoms with Gasteiger partial charge in [0, 0.05) is 0 Å². The van der Waals surface area contributed by atoms with Crippen molar-refractivity contribution in [3.8, 4) is 5.75 Å². The summed E-state index contributed by atoms with van der Waals surface area (Å²) in [6, 6.07) is 16.2. The van der Waals surface area contributed by atoms with Gasteiger partial charge in [0.25, 0.3) is 0 Å². The summed E-state index contributed by atoms with van der Waals surface area (Å²) < 4.78 is 6.97. The standard InChI is InChI=1S/C22H25N3O2S/c1-17-5-4-6-18(15-17)27-14-9-22(26)25-12-10-24(11-13-25)16-21-23-19-7-2-3-8-20(19)28-21/h2-8,15H,9-14,16H2,1H3/p+1. The Morgan fingerprint density at radius 2 is 2.00 bits per heavy atom. The number of aryl methyl sites for hydroxylation is 1. The summed E-state index contributed by atoms with van der Waals surface area (Å²) in [5.74, 6) is 1.02. The highest BCUT2D eigenvalue weighted by Crippen LogP contribution is 2.20. The molecule has 3 aromatic rings. The zero-order valence-corrected chi connectivity index (χ0v) is 17.0. The lowest BCUT2D eigenvalue weighted by Crippen LogP contribution is -3.13. The van der Waals surface area contributed by atoms with Crippen LogP contribution in [0.3, 0.4) is 0 Å². The molecule has 2 aromatic carbocycles. The molecule has 0 atom stereocenters. The number of fused-ring (bicyclic) bond motifs is 1. The molecular formula is C22H26N3O2S+. The molecule has 0 saturated carbocycles. The number of para-hydroxylation sites is 1. The highest BCUT2D eigenvalue weighted by Gasteiger charge is 2.24. The van der Waals surface area contributed by atoms with Crippen molar-refractivity contribution < 1.29 is 14.4 Å². The maximum absolute atomic E-state index is 12.5. The van der Waals surface area contributed by atoms with Crippen molar-refractivity contribution >= 4 is 27.5 Å². The lowest BCUT2D eigenvalue weighted by molar-refractivity contribution is -0.917. The lowest BCUT2D eigenvalue weighted by Gasteiger charge is -2.31. The van der Waals surface area contributed by atoms with E-state index in [0.29, 0.717) is 13.0 Å². The van der Waals surface area contributed by atoms with E-state index in [1.54, 1.807) is 11.3 Å². The van der Waals surface area contributed by atoms with Crippen molar-refractivity contribution in [3.05, 3.63) is 59.1 Å². The second kappa shape index (κ2) is 8.71. The molecule has 0 radical (unpaired) electrons. The quantitative estimate of drug-likeness (QED) is 0.696. The van der Waals surface area contributed by atoms with Gasteiger partial charge in [0.05, 0.1) is 49.4 Å². The number of piperazine rings is 1. The number of ether oxygens (including phenoxy) is 1. The number of nitrogens with one attached hydrogen (secondary N) is 1. The molecule has 1 aromatic heterocycles. The first-order chi connectivity index (χ1) is 13.7. The van der Waals surface area contributed by atoms with Crippen LogP contribution in [0.2, 0.25) is 0 Å². The minimum absolute atomic E-state index is 0.187. The van der Waals surface area contributed by atoms with Crippen LogP contribution in [0, 0.1) is 6.92 Å². The highest BCUT2D eigenvalue weighted by molar-refractivity contribution is 7.18. The maximum atomic E-state index is 12.5. The van der Waals surface area contributed by atoms with E-state index in [1.165, 1.54) is 14.6 Å². The zero-order valence-electron chi connectivity index (χ0n) is 16.2. The van der Waals surface area contributed by atoms with E-state index in [9.17, 15) is 4.79 Å². The number of thiazole rings is 1. The van der Waals surface area contributed by atoms with Crippen LogP contribution in [-0.2, 0) is 11.3 Å². The Morgan fingerprint density at radius 3 is 2.79 bits per heavy atom. The fourth-order valence-electron chi connectivity index (χ4n) is 3.58. The topological polar surface area (TPSA) is 46.9 Å². The van der Waals surface area contributed by atoms with Gasteiger partial charge in [-0.1, -0.05) is 24.3 Å². The summed E-state index contributed by atoms with van der Waals surface area (Å²) >= 11 is 1.78. The van der Waals surface area contributed by atoms with Crippen molar-refractivity contribution in [1.29, 1.82) is 0 Å².